The number of para-hydroxylation sites is 1. The smallest absolute Gasteiger partial charge is 0.326 e. The van der Waals surface area contributed by atoms with Crippen LogP contribution >= 0.6 is 11.8 Å². The summed E-state index contributed by atoms with van der Waals surface area (Å²) in [5, 5.41) is 16.0. The van der Waals surface area contributed by atoms with E-state index >= 15 is 0 Å². The van der Waals surface area contributed by atoms with E-state index in [4.69, 9.17) is 5.73 Å². The Labute approximate surface area is 227 Å². The number of aliphatic carboxylic acids is 1. The number of carbonyl (C=O) groups is 4. The van der Waals surface area contributed by atoms with E-state index in [2.05, 4.69) is 15.6 Å². The van der Waals surface area contributed by atoms with Gasteiger partial charge in [-0.05, 0) is 48.8 Å². The minimum Gasteiger partial charge on any atom is -0.480 e. The lowest BCUT2D eigenvalue weighted by Crippen LogP contribution is -2.57. The molecular formula is C27H39N5O5S. The van der Waals surface area contributed by atoms with Gasteiger partial charge in [0.15, 0.2) is 0 Å². The number of carboxylic acid groups (broad SMARTS) is 1. The molecule has 11 heteroatoms. The van der Waals surface area contributed by atoms with Gasteiger partial charge in [0.25, 0.3) is 0 Å². The number of carboxylic acids is 1. The van der Waals surface area contributed by atoms with Gasteiger partial charge in [-0.25, -0.2) is 4.79 Å². The van der Waals surface area contributed by atoms with Crippen molar-refractivity contribution in [3.05, 3.63) is 36.0 Å². The maximum absolute atomic E-state index is 13.5. The molecule has 5 atom stereocenters. The summed E-state index contributed by atoms with van der Waals surface area (Å²) in [6.45, 7) is 4.30. The van der Waals surface area contributed by atoms with E-state index in [9.17, 15) is 24.3 Å². The number of aromatic amines is 1. The van der Waals surface area contributed by atoms with Crippen molar-refractivity contribution in [2.45, 2.75) is 70.1 Å². The topological polar surface area (TPSA) is 158 Å². The van der Waals surface area contributed by atoms with Crippen LogP contribution in [0.15, 0.2) is 30.5 Å². The summed E-state index contributed by atoms with van der Waals surface area (Å²) in [6.07, 6.45) is 5.94. The van der Waals surface area contributed by atoms with Crippen LogP contribution in [0.1, 0.15) is 45.1 Å². The summed E-state index contributed by atoms with van der Waals surface area (Å²) in [7, 11) is 0. The fraction of sp³-hybridized carbons (Fsp3) is 0.556. The monoisotopic (exact) mass is 545 g/mol. The van der Waals surface area contributed by atoms with E-state index < -0.39 is 42.0 Å². The Hall–Kier alpha value is -3.05. The van der Waals surface area contributed by atoms with Crippen LogP contribution in [0.3, 0.4) is 0 Å². The van der Waals surface area contributed by atoms with Crippen LogP contribution in [0.25, 0.3) is 10.9 Å². The number of fused-ring (bicyclic) bond motifs is 1. The lowest BCUT2D eigenvalue weighted by atomic mass is 9.98. The molecule has 1 fully saturated rings. The van der Waals surface area contributed by atoms with Crippen LogP contribution in [0, 0.1) is 5.92 Å². The highest BCUT2D eigenvalue weighted by molar-refractivity contribution is 7.98. The summed E-state index contributed by atoms with van der Waals surface area (Å²) >= 11 is 1.49. The maximum atomic E-state index is 13.5. The standard InChI is InChI=1S/C27H39N5O5S/c1-4-16(2)23(28)26(35)32-12-7-10-22(32)25(34)31-21(24(33)30-20(27(36)37)11-13-38-3)14-17-15-29-19-9-6-5-8-18(17)19/h5-6,8-9,15-16,20-23,29H,4,7,10-14,28H2,1-3H3,(H,30,33)(H,31,34)(H,36,37). The number of thioether (sulfide) groups is 1. The molecule has 10 nitrogen and oxygen atoms in total. The second-order valence-corrected chi connectivity index (χ2v) is 10.9. The molecule has 3 amide bonds. The van der Waals surface area contributed by atoms with Gasteiger partial charge in [-0.1, -0.05) is 38.5 Å². The summed E-state index contributed by atoms with van der Waals surface area (Å²) in [5.41, 5.74) is 7.89. The normalized spacial score (nSPS) is 18.5. The Morgan fingerprint density at radius 2 is 1.95 bits per heavy atom. The minimum absolute atomic E-state index is 0.0264. The molecule has 0 bridgehead atoms. The number of nitrogens with two attached hydrogens (primary N) is 1. The predicted molar refractivity (Wildman–Crippen MR) is 149 cm³/mol. The van der Waals surface area contributed by atoms with Crippen LogP contribution in [-0.4, -0.2) is 81.4 Å². The Morgan fingerprint density at radius 1 is 1.21 bits per heavy atom. The van der Waals surface area contributed by atoms with Gasteiger partial charge in [-0.15, -0.1) is 0 Å². The SMILES string of the molecule is CCC(C)C(N)C(=O)N1CCCC1C(=O)NC(Cc1c[nH]c2ccccc12)C(=O)NC(CCSC)C(=O)O. The summed E-state index contributed by atoms with van der Waals surface area (Å²) < 4.78 is 0. The second kappa shape index (κ2) is 13.7. The molecule has 1 aromatic carbocycles. The number of amides is 3. The molecule has 2 heterocycles. The van der Waals surface area contributed by atoms with Gasteiger partial charge in [0.2, 0.25) is 17.7 Å². The highest BCUT2D eigenvalue weighted by Gasteiger charge is 2.39. The molecule has 38 heavy (non-hydrogen) atoms. The molecular weight excluding hydrogens is 506 g/mol. The third kappa shape index (κ3) is 7.08. The van der Waals surface area contributed by atoms with Crippen LogP contribution < -0.4 is 16.4 Å². The van der Waals surface area contributed by atoms with E-state index in [1.807, 2.05) is 44.4 Å². The summed E-state index contributed by atoms with van der Waals surface area (Å²) in [6, 6.07) is 4.08. The highest BCUT2D eigenvalue weighted by atomic mass is 32.2. The number of rotatable bonds is 13. The second-order valence-electron chi connectivity index (χ2n) is 9.91. The number of hydrogen-bond acceptors (Lipinski definition) is 6. The lowest BCUT2D eigenvalue weighted by Gasteiger charge is -2.30. The number of hydrogen-bond donors (Lipinski definition) is 5. The quantitative estimate of drug-likeness (QED) is 0.257. The van der Waals surface area contributed by atoms with Gasteiger partial charge in [0.1, 0.15) is 18.1 Å². The number of nitrogens with one attached hydrogen (secondary N) is 3. The molecule has 0 aliphatic carbocycles. The van der Waals surface area contributed by atoms with Crippen molar-refractivity contribution in [3.63, 3.8) is 0 Å². The number of nitrogens with zero attached hydrogens (tertiary/aromatic N) is 1. The fourth-order valence-corrected chi connectivity index (χ4v) is 5.23. The van der Waals surface area contributed by atoms with Gasteiger partial charge in [0.05, 0.1) is 6.04 Å². The third-order valence-corrected chi connectivity index (χ3v) is 7.98. The molecule has 1 aromatic heterocycles. The molecule has 1 aliphatic heterocycles. The highest BCUT2D eigenvalue weighted by Crippen LogP contribution is 2.22. The Bertz CT molecular complexity index is 1140. The van der Waals surface area contributed by atoms with Crippen molar-refractivity contribution in [3.8, 4) is 0 Å². The Morgan fingerprint density at radius 3 is 2.63 bits per heavy atom. The van der Waals surface area contributed by atoms with Crippen molar-refractivity contribution in [1.82, 2.24) is 20.5 Å². The zero-order chi connectivity index (χ0) is 27.8. The van der Waals surface area contributed by atoms with Crippen molar-refractivity contribution in [1.29, 1.82) is 0 Å². The Balaban J connectivity index is 1.82. The minimum atomic E-state index is -1.13. The van der Waals surface area contributed by atoms with Gasteiger partial charge in [-0.3, -0.25) is 14.4 Å². The molecule has 2 aromatic rings. The van der Waals surface area contributed by atoms with Crippen molar-refractivity contribution in [2.75, 3.05) is 18.6 Å². The van der Waals surface area contributed by atoms with E-state index in [-0.39, 0.29) is 24.7 Å². The molecule has 0 radical (unpaired) electrons. The van der Waals surface area contributed by atoms with Crippen molar-refractivity contribution in [2.24, 2.45) is 11.7 Å². The largest absolute Gasteiger partial charge is 0.480 e. The zero-order valence-corrected chi connectivity index (χ0v) is 23.1. The van der Waals surface area contributed by atoms with Crippen LogP contribution in [-0.2, 0) is 25.6 Å². The molecule has 0 spiro atoms. The van der Waals surface area contributed by atoms with Gasteiger partial charge < -0.3 is 31.4 Å². The summed E-state index contributed by atoms with van der Waals surface area (Å²) in [4.78, 5) is 56.4. The van der Waals surface area contributed by atoms with Gasteiger partial charge in [0, 0.05) is 30.1 Å². The molecule has 1 aliphatic rings. The summed E-state index contributed by atoms with van der Waals surface area (Å²) in [5.74, 6) is -1.88. The number of H-pyrrole nitrogens is 1. The number of likely N-dealkylation sites (tertiary alicyclic amines) is 1. The van der Waals surface area contributed by atoms with E-state index in [0.29, 0.717) is 25.1 Å². The first-order valence-electron chi connectivity index (χ1n) is 13.1. The van der Waals surface area contributed by atoms with Gasteiger partial charge >= 0.3 is 5.97 Å². The first kappa shape index (κ1) is 29.5. The number of aromatic nitrogens is 1. The number of benzene rings is 1. The van der Waals surface area contributed by atoms with E-state index in [1.54, 1.807) is 6.20 Å². The average Bonchev–Trinajstić information content (AvgIpc) is 3.56. The van der Waals surface area contributed by atoms with Crippen molar-refractivity contribution < 1.29 is 24.3 Å². The number of carbonyl (C=O) groups excluding carboxylic acids is 3. The maximum Gasteiger partial charge on any atom is 0.326 e. The third-order valence-electron chi connectivity index (χ3n) is 7.34. The van der Waals surface area contributed by atoms with Crippen LogP contribution in [0.5, 0.6) is 0 Å². The molecule has 208 valence electrons. The zero-order valence-electron chi connectivity index (χ0n) is 22.2. The van der Waals surface area contributed by atoms with E-state index in [0.717, 1.165) is 22.9 Å². The van der Waals surface area contributed by atoms with Crippen molar-refractivity contribution >= 4 is 46.4 Å². The van der Waals surface area contributed by atoms with E-state index in [1.165, 1.54) is 16.7 Å². The van der Waals surface area contributed by atoms with Crippen LogP contribution in [0.2, 0.25) is 0 Å². The predicted octanol–water partition coefficient (Wildman–Crippen LogP) is 1.88. The fourth-order valence-electron chi connectivity index (χ4n) is 4.75. The first-order chi connectivity index (χ1) is 18.2. The Kier molecular flexibility index (Phi) is 10.6. The van der Waals surface area contributed by atoms with Gasteiger partial charge in [-0.2, -0.15) is 11.8 Å². The lowest BCUT2D eigenvalue weighted by molar-refractivity contribution is -0.143. The molecule has 1 saturated heterocycles. The first-order valence-corrected chi connectivity index (χ1v) is 14.5. The molecule has 6 N–H and O–H groups in total. The molecule has 0 saturated carbocycles. The van der Waals surface area contributed by atoms with Crippen LogP contribution in [0.4, 0.5) is 0 Å². The average molecular weight is 546 g/mol. The molecule has 5 unspecified atom stereocenters. The molecule has 3 rings (SSSR count).